The Bertz CT molecular complexity index is 490. The van der Waals surface area contributed by atoms with Crippen molar-refractivity contribution in [3.8, 4) is 0 Å². The minimum Gasteiger partial charge on any atom is -0.337 e. The molecular formula is C12H24N4O2S. The van der Waals surface area contributed by atoms with Gasteiger partial charge in [-0.25, -0.2) is 18.1 Å². The number of nitrogens with two attached hydrogens (primary N) is 1. The Kier molecular flexibility index (Phi) is 5.11. The molecule has 0 saturated heterocycles. The van der Waals surface area contributed by atoms with Crippen LogP contribution in [-0.4, -0.2) is 31.1 Å². The van der Waals surface area contributed by atoms with Gasteiger partial charge in [0.1, 0.15) is 5.82 Å². The van der Waals surface area contributed by atoms with E-state index >= 15 is 0 Å². The van der Waals surface area contributed by atoms with Gasteiger partial charge >= 0.3 is 0 Å². The Hall–Kier alpha value is -0.920. The molecule has 0 saturated carbocycles. The number of nitrogens with zero attached hydrogens (tertiary/aromatic N) is 2. The first-order valence-corrected chi connectivity index (χ1v) is 7.98. The average Bonchev–Trinajstić information content (AvgIpc) is 2.73. The van der Waals surface area contributed by atoms with E-state index < -0.39 is 10.0 Å². The van der Waals surface area contributed by atoms with Crippen molar-refractivity contribution in [1.29, 1.82) is 0 Å². The fourth-order valence-electron chi connectivity index (χ4n) is 1.84. The van der Waals surface area contributed by atoms with Gasteiger partial charge in [0.2, 0.25) is 0 Å². The molecule has 7 heteroatoms. The van der Waals surface area contributed by atoms with Gasteiger partial charge in [0.15, 0.2) is 5.03 Å². The van der Waals surface area contributed by atoms with E-state index in [9.17, 15) is 8.42 Å². The second kappa shape index (κ2) is 6.02. The summed E-state index contributed by atoms with van der Waals surface area (Å²) in [6.45, 7) is 6.62. The molecule has 19 heavy (non-hydrogen) atoms. The summed E-state index contributed by atoms with van der Waals surface area (Å²) in [5.41, 5.74) is 5.59. The van der Waals surface area contributed by atoms with Crippen molar-refractivity contribution in [2.75, 3.05) is 13.1 Å². The number of rotatable bonds is 7. The van der Waals surface area contributed by atoms with Gasteiger partial charge in [-0.05, 0) is 31.7 Å². The molecule has 0 aromatic carbocycles. The molecule has 0 aliphatic rings. The molecule has 0 amide bonds. The van der Waals surface area contributed by atoms with Gasteiger partial charge in [0.25, 0.3) is 10.0 Å². The maximum atomic E-state index is 12.2. The molecule has 0 aliphatic heterocycles. The Balaban J connectivity index is 2.86. The predicted molar refractivity (Wildman–Crippen MR) is 75.2 cm³/mol. The predicted octanol–water partition coefficient (Wildman–Crippen LogP) is 0.772. The van der Waals surface area contributed by atoms with Crippen LogP contribution < -0.4 is 10.5 Å². The fourth-order valence-corrected chi connectivity index (χ4v) is 3.03. The summed E-state index contributed by atoms with van der Waals surface area (Å²) in [5.74, 6) is 0.663. The molecule has 1 aromatic rings. The first-order valence-electron chi connectivity index (χ1n) is 6.50. The lowest BCUT2D eigenvalue weighted by Gasteiger charge is -2.29. The third-order valence-electron chi connectivity index (χ3n) is 3.93. The minimum absolute atomic E-state index is 0.0608. The Morgan fingerprint density at radius 3 is 2.37 bits per heavy atom. The van der Waals surface area contributed by atoms with Crippen LogP contribution in [0.3, 0.4) is 0 Å². The summed E-state index contributed by atoms with van der Waals surface area (Å²) in [6.07, 6.45) is 3.19. The number of aromatic nitrogens is 2. The van der Waals surface area contributed by atoms with Gasteiger partial charge < -0.3 is 10.3 Å². The van der Waals surface area contributed by atoms with E-state index in [2.05, 4.69) is 9.71 Å². The van der Waals surface area contributed by atoms with Gasteiger partial charge in [0.05, 0.1) is 0 Å². The second-order valence-corrected chi connectivity index (χ2v) is 6.69. The number of hydrogen-bond acceptors (Lipinski definition) is 4. The molecule has 110 valence electrons. The minimum atomic E-state index is -3.56. The lowest BCUT2D eigenvalue weighted by molar-refractivity contribution is 0.275. The van der Waals surface area contributed by atoms with Crippen LogP contribution in [0.5, 0.6) is 0 Å². The number of nitrogens with one attached hydrogen (secondary N) is 1. The van der Waals surface area contributed by atoms with Crippen molar-refractivity contribution in [3.63, 3.8) is 0 Å². The van der Waals surface area contributed by atoms with Crippen LogP contribution in [0.15, 0.2) is 11.2 Å². The Morgan fingerprint density at radius 1 is 1.42 bits per heavy atom. The lowest BCUT2D eigenvalue weighted by Crippen LogP contribution is -2.41. The second-order valence-electron chi connectivity index (χ2n) is 4.97. The zero-order valence-corrected chi connectivity index (χ0v) is 12.9. The SMILES string of the molecule is CCC(CC)(CN)CNS(=O)(=O)c1cn(C)c(C)n1. The van der Waals surface area contributed by atoms with Crippen LogP contribution in [0.25, 0.3) is 0 Å². The number of hydrogen-bond donors (Lipinski definition) is 2. The molecule has 1 heterocycles. The molecule has 0 atom stereocenters. The van der Waals surface area contributed by atoms with E-state index in [4.69, 9.17) is 5.73 Å². The highest BCUT2D eigenvalue weighted by Crippen LogP contribution is 2.24. The standard InChI is InChI=1S/C12H24N4O2S/c1-5-12(6-2,8-13)9-14-19(17,18)11-7-16(4)10(3)15-11/h7,14H,5-6,8-9,13H2,1-4H3. The monoisotopic (exact) mass is 288 g/mol. The molecule has 0 radical (unpaired) electrons. The molecule has 1 aromatic heterocycles. The first kappa shape index (κ1) is 16.1. The van der Waals surface area contributed by atoms with Crippen LogP contribution in [0.4, 0.5) is 0 Å². The molecule has 0 aliphatic carbocycles. The highest BCUT2D eigenvalue weighted by atomic mass is 32.2. The van der Waals surface area contributed by atoms with Gasteiger partial charge in [-0.1, -0.05) is 13.8 Å². The largest absolute Gasteiger partial charge is 0.337 e. The third-order valence-corrected chi connectivity index (χ3v) is 5.20. The zero-order chi connectivity index (χ0) is 14.7. The zero-order valence-electron chi connectivity index (χ0n) is 12.1. The van der Waals surface area contributed by atoms with Crippen LogP contribution in [-0.2, 0) is 17.1 Å². The lowest BCUT2D eigenvalue weighted by atomic mass is 9.83. The van der Waals surface area contributed by atoms with E-state index in [1.807, 2.05) is 13.8 Å². The summed E-state index contributed by atoms with van der Waals surface area (Å²) < 4.78 is 28.6. The van der Waals surface area contributed by atoms with E-state index in [0.717, 1.165) is 12.8 Å². The molecule has 3 N–H and O–H groups in total. The van der Waals surface area contributed by atoms with E-state index in [-0.39, 0.29) is 10.4 Å². The van der Waals surface area contributed by atoms with Crippen LogP contribution >= 0.6 is 0 Å². The normalized spacial score (nSPS) is 12.9. The Labute approximate surface area is 115 Å². The van der Waals surface area contributed by atoms with E-state index in [1.165, 1.54) is 6.20 Å². The van der Waals surface area contributed by atoms with Crippen LogP contribution in [0.1, 0.15) is 32.5 Å². The van der Waals surface area contributed by atoms with Gasteiger partial charge in [-0.2, -0.15) is 0 Å². The van der Waals surface area contributed by atoms with E-state index in [0.29, 0.717) is 18.9 Å². The van der Waals surface area contributed by atoms with Crippen molar-refractivity contribution in [3.05, 3.63) is 12.0 Å². The maximum Gasteiger partial charge on any atom is 0.259 e. The van der Waals surface area contributed by atoms with Crippen molar-refractivity contribution in [2.24, 2.45) is 18.2 Å². The van der Waals surface area contributed by atoms with Gasteiger partial charge in [-0.15, -0.1) is 0 Å². The average molecular weight is 288 g/mol. The van der Waals surface area contributed by atoms with Gasteiger partial charge in [0, 0.05) is 19.8 Å². The first-order chi connectivity index (χ1) is 8.80. The molecule has 0 bridgehead atoms. The molecule has 6 nitrogen and oxygen atoms in total. The molecule has 0 spiro atoms. The highest BCUT2D eigenvalue weighted by Gasteiger charge is 2.28. The summed E-state index contributed by atoms with van der Waals surface area (Å²) in [4.78, 5) is 4.04. The number of sulfonamides is 1. The summed E-state index contributed by atoms with van der Waals surface area (Å²) in [7, 11) is -1.80. The third kappa shape index (κ3) is 3.55. The summed E-state index contributed by atoms with van der Waals surface area (Å²) in [5, 5.41) is 0.0608. The highest BCUT2D eigenvalue weighted by molar-refractivity contribution is 7.89. The summed E-state index contributed by atoms with van der Waals surface area (Å²) in [6, 6.07) is 0. The van der Waals surface area contributed by atoms with Crippen molar-refractivity contribution >= 4 is 10.0 Å². The quantitative estimate of drug-likeness (QED) is 0.775. The van der Waals surface area contributed by atoms with Gasteiger partial charge in [-0.3, -0.25) is 0 Å². The van der Waals surface area contributed by atoms with Crippen LogP contribution in [0, 0.1) is 12.3 Å². The molecule has 0 fully saturated rings. The van der Waals surface area contributed by atoms with Crippen molar-refractivity contribution in [1.82, 2.24) is 14.3 Å². The van der Waals surface area contributed by atoms with Crippen molar-refractivity contribution < 1.29 is 8.42 Å². The van der Waals surface area contributed by atoms with E-state index in [1.54, 1.807) is 18.5 Å². The molecule has 1 rings (SSSR count). The molecular weight excluding hydrogens is 264 g/mol. The smallest absolute Gasteiger partial charge is 0.259 e. The Morgan fingerprint density at radius 2 is 2.00 bits per heavy atom. The van der Waals surface area contributed by atoms with Crippen LogP contribution in [0.2, 0.25) is 0 Å². The topological polar surface area (TPSA) is 90.0 Å². The van der Waals surface area contributed by atoms with Crippen molar-refractivity contribution in [2.45, 2.75) is 38.6 Å². The number of aryl methyl sites for hydroxylation is 2. The fraction of sp³-hybridized carbons (Fsp3) is 0.750. The molecule has 0 unspecified atom stereocenters. The maximum absolute atomic E-state index is 12.2. The summed E-state index contributed by atoms with van der Waals surface area (Å²) >= 11 is 0. The number of imidazole rings is 1.